The number of nitrogens with zero attached hydrogens (tertiary/aromatic N) is 4. The Balaban J connectivity index is 1.90. The Kier molecular flexibility index (Phi) is 6.49. The number of amides is 1. The van der Waals surface area contributed by atoms with Crippen LogP contribution in [0.2, 0.25) is 0 Å². The van der Waals surface area contributed by atoms with E-state index >= 15 is 0 Å². The lowest BCUT2D eigenvalue weighted by Crippen LogP contribution is -2.34. The maximum Gasteiger partial charge on any atom is 0.316 e. The number of para-hydroxylation sites is 1. The van der Waals surface area contributed by atoms with Crippen molar-refractivity contribution >= 4 is 16.8 Å². The van der Waals surface area contributed by atoms with Crippen LogP contribution in [0.1, 0.15) is 24.2 Å². The minimum absolute atomic E-state index is 0.110. The molecule has 1 amide bonds. The molecule has 146 valence electrons. The van der Waals surface area contributed by atoms with Gasteiger partial charge in [0.1, 0.15) is 0 Å². The van der Waals surface area contributed by atoms with Gasteiger partial charge >= 0.3 is 6.01 Å². The van der Waals surface area contributed by atoms with E-state index < -0.39 is 0 Å². The molecule has 0 spiro atoms. The molecule has 1 aromatic carbocycles. The van der Waals surface area contributed by atoms with Crippen LogP contribution in [0.4, 0.5) is 0 Å². The number of carbonyl (C=O) groups excluding carboxylic acids is 1. The highest BCUT2D eigenvalue weighted by Crippen LogP contribution is 2.24. The van der Waals surface area contributed by atoms with Gasteiger partial charge < -0.3 is 15.0 Å². The molecule has 0 aliphatic carbocycles. The van der Waals surface area contributed by atoms with Gasteiger partial charge in [-0.2, -0.15) is 0 Å². The van der Waals surface area contributed by atoms with Crippen molar-refractivity contribution in [2.45, 2.75) is 13.8 Å². The van der Waals surface area contributed by atoms with Crippen molar-refractivity contribution < 1.29 is 9.53 Å². The average Bonchev–Trinajstić information content (AvgIpc) is 2.76. The van der Waals surface area contributed by atoms with Crippen molar-refractivity contribution in [3.8, 4) is 17.3 Å². The molecule has 7 nitrogen and oxygen atoms in total. The van der Waals surface area contributed by atoms with Crippen LogP contribution in [0.3, 0.4) is 0 Å². The van der Waals surface area contributed by atoms with Crippen LogP contribution in [0.25, 0.3) is 22.2 Å². The first-order chi connectivity index (χ1) is 13.7. The lowest BCUT2D eigenvalue weighted by molar-refractivity contribution is 0.0950. The number of hydrogen-bond acceptors (Lipinski definition) is 6. The van der Waals surface area contributed by atoms with Gasteiger partial charge in [-0.3, -0.25) is 4.79 Å². The minimum atomic E-state index is -0.110. The molecule has 0 aliphatic rings. The van der Waals surface area contributed by atoms with Gasteiger partial charge in [-0.1, -0.05) is 32.0 Å². The molecule has 0 fully saturated rings. The Bertz CT molecular complexity index is 939. The van der Waals surface area contributed by atoms with Crippen molar-refractivity contribution in [3.05, 3.63) is 48.3 Å². The van der Waals surface area contributed by atoms with E-state index in [1.807, 2.05) is 24.3 Å². The molecule has 0 bridgehead atoms. The van der Waals surface area contributed by atoms with Crippen molar-refractivity contribution in [2.75, 3.05) is 33.3 Å². The van der Waals surface area contributed by atoms with Crippen molar-refractivity contribution in [1.82, 2.24) is 25.2 Å². The second-order valence-electron chi connectivity index (χ2n) is 6.31. The molecule has 0 saturated carbocycles. The summed E-state index contributed by atoms with van der Waals surface area (Å²) < 4.78 is 5.01. The SMILES string of the molecule is CCN(CC)CCNC(=O)c1cc(-c2cnc(OC)nc2)nc2ccccc12. The van der Waals surface area contributed by atoms with E-state index in [-0.39, 0.29) is 5.91 Å². The molecule has 3 rings (SSSR count). The molecule has 1 N–H and O–H groups in total. The van der Waals surface area contributed by atoms with Gasteiger partial charge in [-0.25, -0.2) is 15.0 Å². The number of aromatic nitrogens is 3. The molecule has 0 aliphatic heterocycles. The van der Waals surface area contributed by atoms with Crippen molar-refractivity contribution in [2.24, 2.45) is 0 Å². The van der Waals surface area contributed by atoms with Gasteiger partial charge in [-0.15, -0.1) is 0 Å². The maximum absolute atomic E-state index is 12.9. The second kappa shape index (κ2) is 9.23. The Hall–Kier alpha value is -3.06. The first-order valence-electron chi connectivity index (χ1n) is 9.43. The van der Waals surface area contributed by atoms with Gasteiger partial charge in [0.25, 0.3) is 5.91 Å². The normalized spacial score (nSPS) is 11.0. The Labute approximate surface area is 164 Å². The second-order valence-corrected chi connectivity index (χ2v) is 6.31. The first-order valence-corrected chi connectivity index (χ1v) is 9.43. The summed E-state index contributed by atoms with van der Waals surface area (Å²) in [5.41, 5.74) is 2.72. The first kappa shape index (κ1) is 19.7. The third-order valence-electron chi connectivity index (χ3n) is 4.68. The summed E-state index contributed by atoms with van der Waals surface area (Å²) in [4.78, 5) is 28.1. The van der Waals surface area contributed by atoms with Crippen LogP contribution in [0, 0.1) is 0 Å². The average molecular weight is 379 g/mol. The largest absolute Gasteiger partial charge is 0.467 e. The van der Waals surface area contributed by atoms with E-state index in [1.165, 1.54) is 7.11 Å². The number of methoxy groups -OCH3 is 1. The quantitative estimate of drug-likeness (QED) is 0.648. The molecule has 7 heteroatoms. The topological polar surface area (TPSA) is 80.2 Å². The van der Waals surface area contributed by atoms with Crippen LogP contribution < -0.4 is 10.1 Å². The zero-order valence-corrected chi connectivity index (χ0v) is 16.5. The number of rotatable bonds is 8. The number of fused-ring (bicyclic) bond motifs is 1. The molecular formula is C21H25N5O2. The zero-order valence-electron chi connectivity index (χ0n) is 16.5. The Morgan fingerprint density at radius 1 is 1.14 bits per heavy atom. The summed E-state index contributed by atoms with van der Waals surface area (Å²) in [7, 11) is 1.52. The highest BCUT2D eigenvalue weighted by Gasteiger charge is 2.14. The Morgan fingerprint density at radius 2 is 1.86 bits per heavy atom. The van der Waals surface area contributed by atoms with Crippen LogP contribution in [0.5, 0.6) is 6.01 Å². The monoisotopic (exact) mass is 379 g/mol. The van der Waals surface area contributed by atoms with Crippen molar-refractivity contribution in [1.29, 1.82) is 0 Å². The van der Waals surface area contributed by atoms with Crippen LogP contribution in [-0.4, -0.2) is 59.0 Å². The number of hydrogen-bond donors (Lipinski definition) is 1. The molecular weight excluding hydrogens is 354 g/mol. The lowest BCUT2D eigenvalue weighted by atomic mass is 10.0. The molecule has 2 aromatic heterocycles. The van der Waals surface area contributed by atoms with Crippen LogP contribution >= 0.6 is 0 Å². The molecule has 2 heterocycles. The maximum atomic E-state index is 12.9. The number of benzene rings is 1. The van der Waals surface area contributed by atoms with E-state index in [0.29, 0.717) is 23.8 Å². The summed E-state index contributed by atoms with van der Waals surface area (Å²) in [5, 5.41) is 3.85. The smallest absolute Gasteiger partial charge is 0.316 e. The molecule has 28 heavy (non-hydrogen) atoms. The van der Waals surface area contributed by atoms with E-state index in [9.17, 15) is 4.79 Å². The van der Waals surface area contributed by atoms with Crippen LogP contribution in [-0.2, 0) is 0 Å². The number of ether oxygens (including phenoxy) is 1. The van der Waals surface area contributed by atoms with Gasteiger partial charge in [0.15, 0.2) is 0 Å². The molecule has 0 saturated heterocycles. The zero-order chi connectivity index (χ0) is 19.9. The number of nitrogens with one attached hydrogen (secondary N) is 1. The van der Waals surface area contributed by atoms with E-state index in [1.54, 1.807) is 18.5 Å². The summed E-state index contributed by atoms with van der Waals surface area (Å²) in [6.07, 6.45) is 3.29. The predicted molar refractivity (Wildman–Crippen MR) is 109 cm³/mol. The standard InChI is InChI=1S/C21H25N5O2/c1-4-26(5-2)11-10-22-20(27)17-12-19(15-13-23-21(28-3)24-14-15)25-18-9-7-6-8-16(17)18/h6-9,12-14H,4-5,10-11H2,1-3H3,(H,22,27). The third-order valence-corrected chi connectivity index (χ3v) is 4.68. The molecule has 0 radical (unpaired) electrons. The van der Waals surface area contributed by atoms with E-state index in [0.717, 1.165) is 36.1 Å². The summed E-state index contributed by atoms with van der Waals surface area (Å²) in [6.45, 7) is 7.58. The van der Waals surface area contributed by atoms with Crippen LogP contribution in [0.15, 0.2) is 42.7 Å². The third kappa shape index (κ3) is 4.43. The van der Waals surface area contributed by atoms with Gasteiger partial charge in [0, 0.05) is 36.4 Å². The number of likely N-dealkylation sites (N-methyl/N-ethyl adjacent to an activating group) is 1. The lowest BCUT2D eigenvalue weighted by Gasteiger charge is -2.18. The number of carbonyl (C=O) groups is 1. The van der Waals surface area contributed by atoms with Crippen molar-refractivity contribution in [3.63, 3.8) is 0 Å². The fraction of sp³-hybridized carbons (Fsp3) is 0.333. The number of pyridine rings is 1. The minimum Gasteiger partial charge on any atom is -0.467 e. The van der Waals surface area contributed by atoms with Gasteiger partial charge in [-0.05, 0) is 25.2 Å². The predicted octanol–water partition coefficient (Wildman–Crippen LogP) is 2.77. The van der Waals surface area contributed by atoms with Gasteiger partial charge in [0.2, 0.25) is 0 Å². The molecule has 3 aromatic rings. The summed E-state index contributed by atoms with van der Waals surface area (Å²) >= 11 is 0. The fourth-order valence-electron chi connectivity index (χ4n) is 3.03. The Morgan fingerprint density at radius 3 is 2.54 bits per heavy atom. The van der Waals surface area contributed by atoms with E-state index in [4.69, 9.17) is 4.74 Å². The fourth-order valence-corrected chi connectivity index (χ4v) is 3.03. The molecule has 0 unspecified atom stereocenters. The molecule has 0 atom stereocenters. The summed E-state index contributed by atoms with van der Waals surface area (Å²) in [6, 6.07) is 9.71. The highest BCUT2D eigenvalue weighted by atomic mass is 16.5. The highest BCUT2D eigenvalue weighted by molar-refractivity contribution is 6.07. The summed E-state index contributed by atoms with van der Waals surface area (Å²) in [5.74, 6) is -0.110. The van der Waals surface area contributed by atoms with E-state index in [2.05, 4.69) is 39.0 Å². The van der Waals surface area contributed by atoms with Gasteiger partial charge in [0.05, 0.1) is 23.9 Å².